The van der Waals surface area contributed by atoms with E-state index in [-0.39, 0.29) is 5.97 Å². The molecule has 1 aromatic heterocycles. The van der Waals surface area contributed by atoms with Crippen LogP contribution in [-0.4, -0.2) is 32.4 Å². The Morgan fingerprint density at radius 1 is 1.38 bits per heavy atom. The number of thiophene rings is 1. The predicted octanol–water partition coefficient (Wildman–Crippen LogP) is 1.15. The summed E-state index contributed by atoms with van der Waals surface area (Å²) in [6.07, 6.45) is 0. The Bertz CT molecular complexity index is 256. The van der Waals surface area contributed by atoms with Crippen LogP contribution in [-0.2, 0) is 4.74 Å². The van der Waals surface area contributed by atoms with Crippen LogP contribution in [0.2, 0.25) is 0 Å². The summed E-state index contributed by atoms with van der Waals surface area (Å²) >= 11 is 1.41. The Hall–Kier alpha value is -1.07. The van der Waals surface area contributed by atoms with E-state index >= 15 is 0 Å². The van der Waals surface area contributed by atoms with E-state index in [1.165, 1.54) is 25.6 Å². The van der Waals surface area contributed by atoms with Gasteiger partial charge in [-0.05, 0) is 0 Å². The molecule has 0 saturated carbocycles. The average Bonchev–Trinajstić information content (AvgIpc) is 2.67. The zero-order valence-corrected chi connectivity index (χ0v) is 8.55. The molecule has 74 valence electrons. The Kier molecular flexibility index (Phi) is 5.92. The largest absolute Gasteiger partial charge is 0.495 e. The number of ether oxygens (including phenoxy) is 2. The zero-order chi connectivity index (χ0) is 10.3. The van der Waals surface area contributed by atoms with E-state index in [1.54, 1.807) is 10.8 Å². The molecule has 0 saturated heterocycles. The van der Waals surface area contributed by atoms with Gasteiger partial charge in [-0.25, -0.2) is 4.79 Å². The number of methoxy groups -OCH3 is 2. The molecule has 0 spiro atoms. The monoisotopic (exact) mass is 204 g/mol. The van der Waals surface area contributed by atoms with Gasteiger partial charge in [0.1, 0.15) is 11.3 Å². The van der Waals surface area contributed by atoms with Crippen LogP contribution in [0, 0.1) is 0 Å². The van der Waals surface area contributed by atoms with Gasteiger partial charge < -0.3 is 14.6 Å². The highest BCUT2D eigenvalue weighted by atomic mass is 32.1. The highest BCUT2D eigenvalue weighted by Crippen LogP contribution is 2.23. The molecule has 0 aliphatic rings. The summed E-state index contributed by atoms with van der Waals surface area (Å²) in [5.74, 6) is 0.213. The molecule has 1 N–H and O–H groups in total. The number of hydrogen-bond acceptors (Lipinski definition) is 5. The van der Waals surface area contributed by atoms with Crippen molar-refractivity contribution in [2.75, 3.05) is 21.3 Å². The van der Waals surface area contributed by atoms with Crippen molar-refractivity contribution in [2.24, 2.45) is 0 Å². The van der Waals surface area contributed by atoms with Crippen LogP contribution < -0.4 is 4.74 Å². The summed E-state index contributed by atoms with van der Waals surface area (Å²) in [7, 11) is 3.87. The molecule has 0 radical (unpaired) electrons. The molecule has 0 amide bonds. The van der Waals surface area contributed by atoms with Crippen LogP contribution in [0.1, 0.15) is 10.4 Å². The van der Waals surface area contributed by atoms with Crippen molar-refractivity contribution in [1.82, 2.24) is 0 Å². The topological polar surface area (TPSA) is 55.8 Å². The molecular weight excluding hydrogens is 192 g/mol. The molecule has 0 bridgehead atoms. The Labute approximate surface area is 80.7 Å². The molecule has 0 aromatic carbocycles. The summed E-state index contributed by atoms with van der Waals surface area (Å²) < 4.78 is 9.44. The maximum Gasteiger partial charge on any atom is 0.342 e. The van der Waals surface area contributed by atoms with E-state index < -0.39 is 0 Å². The molecular formula is C8H12O4S. The van der Waals surface area contributed by atoms with Crippen LogP contribution in [0.15, 0.2) is 10.8 Å². The van der Waals surface area contributed by atoms with E-state index in [2.05, 4.69) is 4.74 Å². The smallest absolute Gasteiger partial charge is 0.342 e. The second-order valence-corrected chi connectivity index (χ2v) is 2.59. The fourth-order valence-electron chi connectivity index (χ4n) is 0.702. The quantitative estimate of drug-likeness (QED) is 0.734. The zero-order valence-electron chi connectivity index (χ0n) is 7.73. The average molecular weight is 204 g/mol. The van der Waals surface area contributed by atoms with E-state index in [0.717, 1.165) is 7.11 Å². The first-order valence-corrected chi connectivity index (χ1v) is 4.37. The normalized spacial score (nSPS) is 8.31. The van der Waals surface area contributed by atoms with Gasteiger partial charge in [0, 0.05) is 17.9 Å². The molecule has 0 fully saturated rings. The van der Waals surface area contributed by atoms with Crippen molar-refractivity contribution < 1.29 is 19.4 Å². The molecule has 5 heteroatoms. The number of carbonyl (C=O) groups is 1. The Balaban J connectivity index is 0.000000671. The number of hydrogen-bond donors (Lipinski definition) is 1. The Morgan fingerprint density at radius 3 is 2.46 bits per heavy atom. The first kappa shape index (κ1) is 11.9. The molecule has 1 aromatic rings. The lowest BCUT2D eigenvalue weighted by Crippen LogP contribution is -2.00. The van der Waals surface area contributed by atoms with Crippen molar-refractivity contribution >= 4 is 17.3 Å². The van der Waals surface area contributed by atoms with Crippen LogP contribution in [0.3, 0.4) is 0 Å². The third-order valence-corrected chi connectivity index (χ3v) is 1.97. The van der Waals surface area contributed by atoms with Crippen LogP contribution in [0.5, 0.6) is 5.75 Å². The SMILES string of the molecule is CO.COC(=O)c1cscc1OC. The number of rotatable bonds is 2. The number of esters is 1. The van der Waals surface area contributed by atoms with Crippen LogP contribution >= 0.6 is 11.3 Å². The molecule has 4 nitrogen and oxygen atoms in total. The fraction of sp³-hybridized carbons (Fsp3) is 0.375. The minimum atomic E-state index is -0.358. The van der Waals surface area contributed by atoms with Crippen LogP contribution in [0.4, 0.5) is 0 Å². The van der Waals surface area contributed by atoms with Gasteiger partial charge in [0.25, 0.3) is 0 Å². The summed E-state index contributed by atoms with van der Waals surface area (Å²) in [6, 6.07) is 0. The number of aliphatic hydroxyl groups excluding tert-OH is 1. The molecule has 1 heterocycles. The Morgan fingerprint density at radius 2 is 2.00 bits per heavy atom. The van der Waals surface area contributed by atoms with Crippen LogP contribution in [0.25, 0.3) is 0 Å². The minimum Gasteiger partial charge on any atom is -0.495 e. The summed E-state index contributed by atoms with van der Waals surface area (Å²) in [4.78, 5) is 11.0. The third-order valence-electron chi connectivity index (χ3n) is 1.25. The van der Waals surface area contributed by atoms with E-state index in [9.17, 15) is 4.79 Å². The summed E-state index contributed by atoms with van der Waals surface area (Å²) in [5, 5.41) is 10.5. The van der Waals surface area contributed by atoms with Gasteiger partial charge in [-0.1, -0.05) is 0 Å². The number of carbonyl (C=O) groups excluding carboxylic acids is 1. The van der Waals surface area contributed by atoms with Gasteiger partial charge in [-0.2, -0.15) is 0 Å². The molecule has 1 rings (SSSR count). The summed E-state index contributed by atoms with van der Waals surface area (Å²) in [6.45, 7) is 0. The second-order valence-electron chi connectivity index (χ2n) is 1.85. The fourth-order valence-corrected chi connectivity index (χ4v) is 1.47. The first-order valence-electron chi connectivity index (χ1n) is 3.42. The first-order chi connectivity index (χ1) is 6.29. The minimum absolute atomic E-state index is 0.358. The lowest BCUT2D eigenvalue weighted by molar-refractivity contribution is 0.0598. The number of aliphatic hydroxyl groups is 1. The van der Waals surface area contributed by atoms with Gasteiger partial charge in [-0.15, -0.1) is 11.3 Å². The van der Waals surface area contributed by atoms with Crippen molar-refractivity contribution in [3.63, 3.8) is 0 Å². The standard InChI is InChI=1S/C7H8O3S.CH4O/c1-9-6-4-11-3-5(6)7(8)10-2;1-2/h3-4H,1-2H3;2H,1H3. The van der Waals surface area contributed by atoms with Crippen molar-refractivity contribution in [1.29, 1.82) is 0 Å². The predicted molar refractivity (Wildman–Crippen MR) is 50.4 cm³/mol. The van der Waals surface area contributed by atoms with Gasteiger partial charge in [-0.3, -0.25) is 0 Å². The van der Waals surface area contributed by atoms with E-state index in [4.69, 9.17) is 9.84 Å². The van der Waals surface area contributed by atoms with Gasteiger partial charge in [0.2, 0.25) is 0 Å². The lowest BCUT2D eigenvalue weighted by Gasteiger charge is -1.98. The van der Waals surface area contributed by atoms with E-state index in [0.29, 0.717) is 11.3 Å². The highest BCUT2D eigenvalue weighted by Gasteiger charge is 2.12. The molecule has 0 unspecified atom stereocenters. The van der Waals surface area contributed by atoms with Crippen molar-refractivity contribution in [3.8, 4) is 5.75 Å². The van der Waals surface area contributed by atoms with Gasteiger partial charge in [0.15, 0.2) is 0 Å². The third kappa shape index (κ3) is 3.04. The highest BCUT2D eigenvalue weighted by molar-refractivity contribution is 7.08. The van der Waals surface area contributed by atoms with E-state index in [1.807, 2.05) is 0 Å². The molecule has 13 heavy (non-hydrogen) atoms. The molecule has 0 aliphatic carbocycles. The summed E-state index contributed by atoms with van der Waals surface area (Å²) in [5.41, 5.74) is 0.486. The lowest BCUT2D eigenvalue weighted by atomic mass is 10.3. The maximum absolute atomic E-state index is 11.0. The molecule has 0 atom stereocenters. The van der Waals surface area contributed by atoms with Crippen molar-refractivity contribution in [2.45, 2.75) is 0 Å². The second kappa shape index (κ2) is 6.45. The van der Waals surface area contributed by atoms with Gasteiger partial charge >= 0.3 is 5.97 Å². The van der Waals surface area contributed by atoms with Crippen molar-refractivity contribution in [3.05, 3.63) is 16.3 Å². The maximum atomic E-state index is 11.0. The molecule has 0 aliphatic heterocycles. The van der Waals surface area contributed by atoms with Gasteiger partial charge in [0.05, 0.1) is 14.2 Å².